The lowest BCUT2D eigenvalue weighted by molar-refractivity contribution is -0.118. The van der Waals surface area contributed by atoms with Crippen molar-refractivity contribution in [1.82, 2.24) is 5.32 Å². The number of carbonyl (C=O) groups is 1. The number of hydrogen-bond donors (Lipinski definition) is 1. The summed E-state index contributed by atoms with van der Waals surface area (Å²) in [6.07, 6.45) is 2.50. The Balaban J connectivity index is 2.01. The van der Waals surface area contributed by atoms with Crippen LogP contribution in [-0.4, -0.2) is 22.5 Å². The fraction of sp³-hybridized carbons (Fsp3) is 0.438. The molecule has 1 atom stereocenters. The number of amides is 1. The van der Waals surface area contributed by atoms with Gasteiger partial charge in [0.1, 0.15) is 0 Å². The molecule has 1 aliphatic rings. The van der Waals surface area contributed by atoms with E-state index in [1.807, 2.05) is 19.1 Å². The van der Waals surface area contributed by atoms with Crippen LogP contribution in [0, 0.1) is 0 Å². The van der Waals surface area contributed by atoms with E-state index in [0.29, 0.717) is 5.17 Å². The average molecular weight is 303 g/mol. The highest BCUT2D eigenvalue weighted by atomic mass is 32.2. The molecule has 2 rings (SSSR count). The smallest absolute Gasteiger partial charge is 0.239 e. The van der Waals surface area contributed by atoms with Crippen LogP contribution in [0.2, 0.25) is 0 Å². The Morgan fingerprint density at radius 1 is 1.29 bits per heavy atom. The van der Waals surface area contributed by atoms with E-state index in [1.54, 1.807) is 6.21 Å². The summed E-state index contributed by atoms with van der Waals surface area (Å²) in [5, 5.41) is 11.4. The van der Waals surface area contributed by atoms with E-state index in [1.165, 1.54) is 17.3 Å². The topological polar surface area (TPSA) is 53.8 Å². The second-order valence-electron chi connectivity index (χ2n) is 6.03. The van der Waals surface area contributed by atoms with Crippen LogP contribution in [0.4, 0.5) is 0 Å². The van der Waals surface area contributed by atoms with E-state index >= 15 is 0 Å². The van der Waals surface area contributed by atoms with Gasteiger partial charge in [0.15, 0.2) is 5.17 Å². The first-order valence-electron chi connectivity index (χ1n) is 7.09. The molecule has 0 radical (unpaired) electrons. The molecular formula is C16H21N3OS. The lowest BCUT2D eigenvalue weighted by Gasteiger charge is -2.18. The number of carbonyl (C=O) groups excluding carboxylic acids is 1. The Bertz CT molecular complexity index is 570. The van der Waals surface area contributed by atoms with Crippen LogP contribution in [0.3, 0.4) is 0 Å². The standard InChI is InChI=1S/C16H21N3OS/c1-5-13-14(20)18-15(21-13)19-17-10-11-6-8-12(9-7-11)16(2,3)4/h6-10,13H,5H2,1-4H3,(H,18,19,20)/b17-10+. The molecule has 1 unspecified atom stereocenters. The van der Waals surface area contributed by atoms with E-state index in [0.717, 1.165) is 12.0 Å². The molecule has 1 aromatic carbocycles. The zero-order chi connectivity index (χ0) is 15.5. The Hall–Kier alpha value is -1.62. The van der Waals surface area contributed by atoms with Crippen molar-refractivity contribution in [2.75, 3.05) is 0 Å². The minimum Gasteiger partial charge on any atom is -0.303 e. The lowest BCUT2D eigenvalue weighted by Crippen LogP contribution is -2.24. The number of amidine groups is 1. The molecule has 4 nitrogen and oxygen atoms in total. The van der Waals surface area contributed by atoms with Crippen molar-refractivity contribution < 1.29 is 4.79 Å². The third-order valence-corrected chi connectivity index (χ3v) is 4.52. The predicted molar refractivity (Wildman–Crippen MR) is 90.0 cm³/mol. The highest BCUT2D eigenvalue weighted by molar-refractivity contribution is 8.15. The minimum atomic E-state index is -0.0370. The number of nitrogens with one attached hydrogen (secondary N) is 1. The molecular weight excluding hydrogens is 282 g/mol. The van der Waals surface area contributed by atoms with Crippen LogP contribution in [0.1, 0.15) is 45.2 Å². The normalized spacial score (nSPS) is 21.2. The van der Waals surface area contributed by atoms with Crippen LogP contribution in [0.15, 0.2) is 34.5 Å². The van der Waals surface area contributed by atoms with Gasteiger partial charge < -0.3 is 5.32 Å². The molecule has 0 saturated carbocycles. The highest BCUT2D eigenvalue weighted by Crippen LogP contribution is 2.22. The Morgan fingerprint density at radius 3 is 2.48 bits per heavy atom. The van der Waals surface area contributed by atoms with Gasteiger partial charge in [0.25, 0.3) is 0 Å². The number of benzene rings is 1. The fourth-order valence-corrected chi connectivity index (χ4v) is 2.79. The third-order valence-electron chi connectivity index (χ3n) is 3.28. The predicted octanol–water partition coefficient (Wildman–Crippen LogP) is 3.32. The first-order chi connectivity index (χ1) is 9.90. The van der Waals surface area contributed by atoms with Gasteiger partial charge in [-0.3, -0.25) is 4.79 Å². The summed E-state index contributed by atoms with van der Waals surface area (Å²) < 4.78 is 0. The summed E-state index contributed by atoms with van der Waals surface area (Å²) in [7, 11) is 0. The van der Waals surface area contributed by atoms with Crippen LogP contribution in [-0.2, 0) is 10.2 Å². The maximum absolute atomic E-state index is 11.5. The molecule has 1 fully saturated rings. The van der Waals surface area contributed by atoms with Gasteiger partial charge in [-0.1, -0.05) is 63.7 Å². The van der Waals surface area contributed by atoms with Crippen molar-refractivity contribution in [1.29, 1.82) is 0 Å². The molecule has 0 spiro atoms. The average Bonchev–Trinajstić information content (AvgIpc) is 2.79. The van der Waals surface area contributed by atoms with Gasteiger partial charge in [0.05, 0.1) is 11.5 Å². The second kappa shape index (κ2) is 6.43. The van der Waals surface area contributed by atoms with Gasteiger partial charge in [-0.2, -0.15) is 5.10 Å². The Morgan fingerprint density at radius 2 is 1.95 bits per heavy atom. The van der Waals surface area contributed by atoms with Crippen LogP contribution < -0.4 is 5.32 Å². The minimum absolute atomic E-state index is 0.0194. The summed E-state index contributed by atoms with van der Waals surface area (Å²) in [5.41, 5.74) is 2.43. The van der Waals surface area contributed by atoms with Crippen molar-refractivity contribution >= 4 is 29.1 Å². The molecule has 1 heterocycles. The van der Waals surface area contributed by atoms with E-state index in [4.69, 9.17) is 0 Å². The molecule has 1 aromatic rings. The van der Waals surface area contributed by atoms with E-state index < -0.39 is 0 Å². The first kappa shape index (κ1) is 15.8. The molecule has 1 amide bonds. The van der Waals surface area contributed by atoms with Gasteiger partial charge in [0, 0.05) is 0 Å². The molecule has 21 heavy (non-hydrogen) atoms. The van der Waals surface area contributed by atoms with Gasteiger partial charge in [0.2, 0.25) is 5.91 Å². The van der Waals surface area contributed by atoms with Crippen molar-refractivity contribution in [3.05, 3.63) is 35.4 Å². The molecule has 1 N–H and O–H groups in total. The SMILES string of the molecule is CCC1S/C(=N/N=C/c2ccc(C(C)(C)C)cc2)NC1=O. The van der Waals surface area contributed by atoms with Gasteiger partial charge in [-0.05, 0) is 23.0 Å². The quantitative estimate of drug-likeness (QED) is 0.688. The second-order valence-corrected chi connectivity index (χ2v) is 7.22. The maximum Gasteiger partial charge on any atom is 0.239 e. The van der Waals surface area contributed by atoms with Crippen LogP contribution >= 0.6 is 11.8 Å². The molecule has 1 aliphatic heterocycles. The monoisotopic (exact) mass is 303 g/mol. The van der Waals surface area contributed by atoms with E-state index in [9.17, 15) is 4.79 Å². The third kappa shape index (κ3) is 4.17. The molecule has 112 valence electrons. The fourth-order valence-electron chi connectivity index (χ4n) is 1.94. The summed E-state index contributed by atoms with van der Waals surface area (Å²) in [5.74, 6) is 0.0194. The van der Waals surface area contributed by atoms with E-state index in [-0.39, 0.29) is 16.6 Å². The van der Waals surface area contributed by atoms with Gasteiger partial charge in [-0.15, -0.1) is 5.10 Å². The largest absolute Gasteiger partial charge is 0.303 e. The number of nitrogens with zero attached hydrogens (tertiary/aromatic N) is 2. The highest BCUT2D eigenvalue weighted by Gasteiger charge is 2.28. The number of hydrogen-bond acceptors (Lipinski definition) is 4. The summed E-state index contributed by atoms with van der Waals surface area (Å²) in [6.45, 7) is 8.55. The Kier molecular flexibility index (Phi) is 4.83. The maximum atomic E-state index is 11.5. The van der Waals surface area contributed by atoms with Crippen molar-refractivity contribution in [3.63, 3.8) is 0 Å². The number of rotatable bonds is 3. The van der Waals surface area contributed by atoms with Crippen molar-refractivity contribution in [2.24, 2.45) is 10.2 Å². The molecule has 5 heteroatoms. The summed E-state index contributed by atoms with van der Waals surface area (Å²) in [6, 6.07) is 8.26. The van der Waals surface area contributed by atoms with E-state index in [2.05, 4.69) is 48.4 Å². The molecule has 0 aliphatic carbocycles. The van der Waals surface area contributed by atoms with Crippen LogP contribution in [0.5, 0.6) is 0 Å². The van der Waals surface area contributed by atoms with Crippen LogP contribution in [0.25, 0.3) is 0 Å². The van der Waals surface area contributed by atoms with Crippen molar-refractivity contribution in [2.45, 2.75) is 44.8 Å². The molecule has 0 bridgehead atoms. The van der Waals surface area contributed by atoms with Gasteiger partial charge >= 0.3 is 0 Å². The van der Waals surface area contributed by atoms with Gasteiger partial charge in [-0.25, -0.2) is 0 Å². The zero-order valence-corrected chi connectivity index (χ0v) is 13.7. The molecule has 0 aromatic heterocycles. The zero-order valence-electron chi connectivity index (χ0n) is 12.9. The Labute approximate surface area is 130 Å². The first-order valence-corrected chi connectivity index (χ1v) is 7.97. The summed E-state index contributed by atoms with van der Waals surface area (Å²) in [4.78, 5) is 11.5. The number of thioether (sulfide) groups is 1. The van der Waals surface area contributed by atoms with Crippen molar-refractivity contribution in [3.8, 4) is 0 Å². The summed E-state index contributed by atoms with van der Waals surface area (Å²) >= 11 is 1.44. The lowest BCUT2D eigenvalue weighted by atomic mass is 9.87. The molecule has 1 saturated heterocycles.